The number of hydroxylamine groups is 2. The van der Waals surface area contributed by atoms with Crippen LogP contribution in [0.1, 0.15) is 41.0 Å². The molecular formula is C11H22N2O4. The van der Waals surface area contributed by atoms with Gasteiger partial charge in [0.1, 0.15) is 11.6 Å². The van der Waals surface area contributed by atoms with Crippen LogP contribution in [0.2, 0.25) is 0 Å². The van der Waals surface area contributed by atoms with Crippen molar-refractivity contribution in [2.24, 2.45) is 0 Å². The molecule has 2 N–H and O–H groups in total. The quantitative estimate of drug-likeness (QED) is 0.582. The number of carbonyl (C=O) groups excluding carboxylic acids is 2. The van der Waals surface area contributed by atoms with E-state index in [4.69, 9.17) is 4.74 Å². The van der Waals surface area contributed by atoms with Crippen LogP contribution in [-0.2, 0) is 9.53 Å². The van der Waals surface area contributed by atoms with E-state index in [-0.39, 0.29) is 6.54 Å². The molecule has 0 saturated carbocycles. The van der Waals surface area contributed by atoms with Crippen LogP contribution in [0.3, 0.4) is 0 Å². The molecule has 0 saturated heterocycles. The van der Waals surface area contributed by atoms with Gasteiger partial charge in [-0.05, 0) is 34.1 Å². The molecule has 0 aliphatic carbocycles. The van der Waals surface area contributed by atoms with Crippen molar-refractivity contribution in [1.29, 1.82) is 0 Å². The number of carbonyl (C=O) groups is 2. The minimum Gasteiger partial charge on any atom is -0.444 e. The number of rotatable bonds is 4. The summed E-state index contributed by atoms with van der Waals surface area (Å²) in [7, 11) is 0. The molecule has 0 aromatic rings. The van der Waals surface area contributed by atoms with Crippen molar-refractivity contribution < 1.29 is 19.5 Å². The highest BCUT2D eigenvalue weighted by atomic mass is 16.6. The van der Waals surface area contributed by atoms with Gasteiger partial charge in [-0.15, -0.1) is 0 Å². The van der Waals surface area contributed by atoms with Crippen LogP contribution < -0.4 is 5.32 Å². The fourth-order valence-corrected chi connectivity index (χ4v) is 1.09. The van der Waals surface area contributed by atoms with E-state index in [0.717, 1.165) is 0 Å². The van der Waals surface area contributed by atoms with Crippen LogP contribution in [0.5, 0.6) is 0 Å². The highest BCUT2D eigenvalue weighted by molar-refractivity contribution is 5.84. The molecule has 1 unspecified atom stereocenters. The van der Waals surface area contributed by atoms with Gasteiger partial charge in [-0.2, -0.15) is 0 Å². The molecule has 1 atom stereocenters. The van der Waals surface area contributed by atoms with Crippen molar-refractivity contribution in [2.45, 2.75) is 52.7 Å². The van der Waals surface area contributed by atoms with Gasteiger partial charge in [0, 0.05) is 6.54 Å². The molecule has 0 spiro atoms. The Hall–Kier alpha value is -1.30. The summed E-state index contributed by atoms with van der Waals surface area (Å²) in [6.45, 7) is 8.75. The topological polar surface area (TPSA) is 78.9 Å². The van der Waals surface area contributed by atoms with Crippen molar-refractivity contribution in [1.82, 2.24) is 10.4 Å². The van der Waals surface area contributed by atoms with E-state index in [1.54, 1.807) is 20.8 Å². The van der Waals surface area contributed by atoms with Gasteiger partial charge in [0.25, 0.3) is 5.91 Å². The summed E-state index contributed by atoms with van der Waals surface area (Å²) < 4.78 is 5.00. The summed E-state index contributed by atoms with van der Waals surface area (Å²) in [6, 6.07) is -0.818. The predicted octanol–water partition coefficient (Wildman–Crippen LogP) is 1.53. The zero-order chi connectivity index (χ0) is 13.6. The molecule has 0 heterocycles. The van der Waals surface area contributed by atoms with Gasteiger partial charge in [0.2, 0.25) is 0 Å². The average molecular weight is 246 g/mol. The van der Waals surface area contributed by atoms with Gasteiger partial charge >= 0.3 is 6.09 Å². The first-order chi connectivity index (χ1) is 7.67. The number of amides is 2. The third-order valence-electron chi connectivity index (χ3n) is 1.79. The van der Waals surface area contributed by atoms with Gasteiger partial charge in [0.05, 0.1) is 0 Å². The first kappa shape index (κ1) is 15.7. The van der Waals surface area contributed by atoms with Gasteiger partial charge in [-0.3, -0.25) is 10.0 Å². The summed E-state index contributed by atoms with van der Waals surface area (Å²) in [5, 5.41) is 12.3. The normalized spacial score (nSPS) is 12.8. The number of nitrogens with one attached hydrogen (secondary N) is 1. The second kappa shape index (κ2) is 6.44. The SMILES string of the molecule is CCCN(O)C(=O)C(C)NC(=O)OC(C)(C)C. The summed E-state index contributed by atoms with van der Waals surface area (Å²) in [5.74, 6) is -0.558. The van der Waals surface area contributed by atoms with Crippen molar-refractivity contribution in [2.75, 3.05) is 6.54 Å². The summed E-state index contributed by atoms with van der Waals surface area (Å²) in [5.41, 5.74) is -0.616. The Balaban J connectivity index is 4.21. The minimum atomic E-state index is -0.818. The standard InChI is InChI=1S/C11H22N2O4/c1-6-7-13(16)9(14)8(2)12-10(15)17-11(3,4)5/h8,16H,6-7H2,1-5H3,(H,12,15). The fourth-order valence-electron chi connectivity index (χ4n) is 1.09. The maximum absolute atomic E-state index is 11.5. The number of nitrogens with zero attached hydrogens (tertiary/aromatic N) is 1. The molecule has 0 fully saturated rings. The molecule has 0 aliphatic heterocycles. The Morgan fingerprint density at radius 2 is 1.94 bits per heavy atom. The first-order valence-electron chi connectivity index (χ1n) is 5.67. The molecule has 0 aliphatic rings. The zero-order valence-electron chi connectivity index (χ0n) is 11.1. The van der Waals surface area contributed by atoms with E-state index in [9.17, 15) is 14.8 Å². The molecule has 6 nitrogen and oxygen atoms in total. The average Bonchev–Trinajstić information content (AvgIpc) is 2.13. The van der Waals surface area contributed by atoms with Gasteiger partial charge < -0.3 is 10.1 Å². The lowest BCUT2D eigenvalue weighted by atomic mass is 10.2. The monoisotopic (exact) mass is 246 g/mol. The number of alkyl carbamates (subject to hydrolysis) is 1. The third-order valence-corrected chi connectivity index (χ3v) is 1.79. The molecule has 6 heteroatoms. The van der Waals surface area contributed by atoms with Gasteiger partial charge in [-0.1, -0.05) is 6.92 Å². The van der Waals surface area contributed by atoms with Crippen LogP contribution >= 0.6 is 0 Å². The van der Waals surface area contributed by atoms with Crippen molar-refractivity contribution >= 4 is 12.0 Å². The smallest absolute Gasteiger partial charge is 0.408 e. The lowest BCUT2D eigenvalue weighted by Crippen LogP contribution is -2.47. The molecule has 0 bridgehead atoms. The number of hydrogen-bond donors (Lipinski definition) is 2. The predicted molar refractivity (Wildman–Crippen MR) is 62.6 cm³/mol. The van der Waals surface area contributed by atoms with Crippen molar-refractivity contribution in [3.8, 4) is 0 Å². The van der Waals surface area contributed by atoms with E-state index in [2.05, 4.69) is 5.32 Å². The van der Waals surface area contributed by atoms with Gasteiger partial charge in [0.15, 0.2) is 0 Å². The Morgan fingerprint density at radius 3 is 2.35 bits per heavy atom. The molecule has 2 amide bonds. The van der Waals surface area contributed by atoms with Crippen LogP contribution in [0, 0.1) is 0 Å². The zero-order valence-corrected chi connectivity index (χ0v) is 11.1. The largest absolute Gasteiger partial charge is 0.444 e. The summed E-state index contributed by atoms with van der Waals surface area (Å²) in [6.07, 6.45) is -0.0373. The Morgan fingerprint density at radius 1 is 1.41 bits per heavy atom. The highest BCUT2D eigenvalue weighted by Gasteiger charge is 2.23. The molecule has 100 valence electrons. The number of hydrogen-bond acceptors (Lipinski definition) is 4. The van der Waals surface area contributed by atoms with Crippen LogP contribution in [0.15, 0.2) is 0 Å². The second-order valence-electron chi connectivity index (χ2n) is 4.83. The molecule has 0 aromatic carbocycles. The van der Waals surface area contributed by atoms with Crippen LogP contribution in [-0.4, -0.2) is 40.5 Å². The van der Waals surface area contributed by atoms with Crippen molar-refractivity contribution in [3.63, 3.8) is 0 Å². The maximum atomic E-state index is 11.5. The fraction of sp³-hybridized carbons (Fsp3) is 0.818. The highest BCUT2D eigenvalue weighted by Crippen LogP contribution is 2.07. The van der Waals surface area contributed by atoms with Crippen molar-refractivity contribution in [3.05, 3.63) is 0 Å². The van der Waals surface area contributed by atoms with E-state index < -0.39 is 23.6 Å². The minimum absolute atomic E-state index is 0.235. The molecular weight excluding hydrogens is 224 g/mol. The van der Waals surface area contributed by atoms with E-state index in [1.165, 1.54) is 6.92 Å². The van der Waals surface area contributed by atoms with Gasteiger partial charge in [-0.25, -0.2) is 9.86 Å². The van der Waals surface area contributed by atoms with Crippen LogP contribution in [0.4, 0.5) is 4.79 Å². The number of ether oxygens (including phenoxy) is 1. The van der Waals surface area contributed by atoms with E-state index >= 15 is 0 Å². The summed E-state index contributed by atoms with van der Waals surface area (Å²) in [4.78, 5) is 22.9. The Kier molecular flexibility index (Phi) is 5.95. The van der Waals surface area contributed by atoms with E-state index in [1.807, 2.05) is 6.92 Å². The lowest BCUT2D eigenvalue weighted by Gasteiger charge is -2.23. The Bertz CT molecular complexity index is 273. The lowest BCUT2D eigenvalue weighted by molar-refractivity contribution is -0.167. The third kappa shape index (κ3) is 6.78. The van der Waals surface area contributed by atoms with E-state index in [0.29, 0.717) is 11.5 Å². The Labute approximate surface area is 102 Å². The molecule has 0 radical (unpaired) electrons. The second-order valence-corrected chi connectivity index (χ2v) is 4.83. The molecule has 17 heavy (non-hydrogen) atoms. The molecule has 0 rings (SSSR count). The maximum Gasteiger partial charge on any atom is 0.408 e. The summed E-state index contributed by atoms with van der Waals surface area (Å²) >= 11 is 0. The first-order valence-corrected chi connectivity index (χ1v) is 5.67. The molecule has 0 aromatic heterocycles. The van der Waals surface area contributed by atoms with Crippen LogP contribution in [0.25, 0.3) is 0 Å².